The van der Waals surface area contributed by atoms with Gasteiger partial charge in [0.15, 0.2) is 0 Å². The minimum Gasteiger partial charge on any atom is -0.326 e. The molecule has 0 aliphatic heterocycles. The van der Waals surface area contributed by atoms with Gasteiger partial charge in [-0.15, -0.1) is 0 Å². The molecule has 0 saturated carbocycles. The van der Waals surface area contributed by atoms with Crippen LogP contribution < -0.4 is 11.1 Å². The molecule has 0 aromatic carbocycles. The summed E-state index contributed by atoms with van der Waals surface area (Å²) >= 11 is 4.27. The average molecular weight is 228 g/mol. The van der Waals surface area contributed by atoms with E-state index in [2.05, 4.69) is 21.6 Å². The van der Waals surface area contributed by atoms with E-state index < -0.39 is 6.72 Å². The SMILES string of the molecule is CNCCCC(N)COP(O)(O)=S. The van der Waals surface area contributed by atoms with E-state index in [4.69, 9.17) is 15.5 Å². The highest BCUT2D eigenvalue weighted by atomic mass is 32.5. The highest BCUT2D eigenvalue weighted by molar-refractivity contribution is 8.06. The predicted octanol–water partition coefficient (Wildman–Crippen LogP) is -0.461. The lowest BCUT2D eigenvalue weighted by Gasteiger charge is -2.13. The molecule has 5 nitrogen and oxygen atoms in total. The summed E-state index contributed by atoms with van der Waals surface area (Å²) in [4.78, 5) is 17.5. The fourth-order valence-electron chi connectivity index (χ4n) is 0.817. The van der Waals surface area contributed by atoms with Gasteiger partial charge in [-0.1, -0.05) is 0 Å². The summed E-state index contributed by atoms with van der Waals surface area (Å²) in [5, 5.41) is 2.99. The second kappa shape index (κ2) is 6.84. The Balaban J connectivity index is 3.40. The first-order valence-corrected chi connectivity index (χ1v) is 6.68. The minimum absolute atomic E-state index is 0.105. The topological polar surface area (TPSA) is 87.7 Å². The number of rotatable bonds is 7. The second-order valence-corrected chi connectivity index (χ2v) is 5.46. The van der Waals surface area contributed by atoms with Crippen LogP contribution in [0.1, 0.15) is 12.8 Å². The molecule has 1 atom stereocenters. The molecule has 0 aromatic rings. The van der Waals surface area contributed by atoms with Gasteiger partial charge in [0.25, 0.3) is 0 Å². The van der Waals surface area contributed by atoms with Crippen molar-refractivity contribution in [2.45, 2.75) is 18.9 Å². The molecule has 0 rings (SSSR count). The molecule has 0 saturated heterocycles. The van der Waals surface area contributed by atoms with E-state index in [1.165, 1.54) is 0 Å². The molecule has 0 fully saturated rings. The average Bonchev–Trinajstić information content (AvgIpc) is 2.00. The maximum atomic E-state index is 8.73. The number of hydrogen-bond donors (Lipinski definition) is 4. The van der Waals surface area contributed by atoms with Crippen molar-refractivity contribution in [3.8, 4) is 0 Å². The van der Waals surface area contributed by atoms with Crippen LogP contribution in [0.4, 0.5) is 0 Å². The second-order valence-electron chi connectivity index (χ2n) is 2.79. The van der Waals surface area contributed by atoms with Crippen molar-refractivity contribution in [3.05, 3.63) is 0 Å². The zero-order valence-corrected chi connectivity index (χ0v) is 9.35. The van der Waals surface area contributed by atoms with E-state index in [1.807, 2.05) is 7.05 Å². The number of nitrogens with two attached hydrogens (primary N) is 1. The molecule has 0 spiro atoms. The van der Waals surface area contributed by atoms with Crippen molar-refractivity contribution in [2.24, 2.45) is 5.73 Å². The Kier molecular flexibility index (Phi) is 7.07. The monoisotopic (exact) mass is 228 g/mol. The third kappa shape index (κ3) is 10.4. The van der Waals surface area contributed by atoms with E-state index in [9.17, 15) is 0 Å². The van der Waals surface area contributed by atoms with E-state index in [1.54, 1.807) is 0 Å². The Labute approximate surface area is 83.5 Å². The smallest absolute Gasteiger partial charge is 0.321 e. The van der Waals surface area contributed by atoms with Gasteiger partial charge < -0.3 is 25.4 Å². The number of hydrogen-bond acceptors (Lipinski definition) is 4. The van der Waals surface area contributed by atoms with Gasteiger partial charge in [-0.3, -0.25) is 0 Å². The molecule has 13 heavy (non-hydrogen) atoms. The zero-order valence-electron chi connectivity index (χ0n) is 7.64. The van der Waals surface area contributed by atoms with Crippen molar-refractivity contribution < 1.29 is 14.3 Å². The first kappa shape index (κ1) is 13.4. The minimum atomic E-state index is -3.52. The molecule has 80 valence electrons. The lowest BCUT2D eigenvalue weighted by Crippen LogP contribution is -2.26. The maximum absolute atomic E-state index is 8.73. The van der Waals surface area contributed by atoms with Crippen LogP contribution in [-0.2, 0) is 16.3 Å². The fraction of sp³-hybridized carbons (Fsp3) is 1.00. The fourth-order valence-corrected chi connectivity index (χ4v) is 1.39. The maximum Gasteiger partial charge on any atom is 0.321 e. The summed E-state index contributed by atoms with van der Waals surface area (Å²) in [5.74, 6) is 0. The lowest BCUT2D eigenvalue weighted by atomic mass is 10.2. The molecule has 0 radical (unpaired) electrons. The predicted molar refractivity (Wildman–Crippen MR) is 55.8 cm³/mol. The Hall–Kier alpha value is 0.450. The van der Waals surface area contributed by atoms with Gasteiger partial charge in [0.2, 0.25) is 0 Å². The van der Waals surface area contributed by atoms with Crippen LogP contribution in [0.25, 0.3) is 0 Å². The molecule has 0 bridgehead atoms. The summed E-state index contributed by atoms with van der Waals surface area (Å²) in [6.45, 7) is -2.53. The quantitative estimate of drug-likeness (QED) is 0.348. The van der Waals surface area contributed by atoms with Crippen molar-refractivity contribution in [2.75, 3.05) is 20.2 Å². The molecule has 0 aliphatic rings. The Morgan fingerprint density at radius 1 is 1.62 bits per heavy atom. The standard InChI is InChI=1S/C6H17N2O3PS/c1-8-4-2-3-6(7)5-11-12(9,10)13/h6,8H,2-5,7H2,1H3,(H2,9,10,13). The summed E-state index contributed by atoms with van der Waals surface area (Å²) in [5.41, 5.74) is 5.62. The summed E-state index contributed by atoms with van der Waals surface area (Å²) < 4.78 is 4.61. The molecular weight excluding hydrogens is 211 g/mol. The Bertz CT molecular complexity index is 175. The van der Waals surface area contributed by atoms with Crippen LogP contribution in [0.3, 0.4) is 0 Å². The lowest BCUT2D eigenvalue weighted by molar-refractivity contribution is 0.230. The van der Waals surface area contributed by atoms with Gasteiger partial charge in [0, 0.05) is 6.04 Å². The van der Waals surface area contributed by atoms with Gasteiger partial charge in [0.1, 0.15) is 0 Å². The summed E-state index contributed by atoms with van der Waals surface area (Å²) in [6, 6.07) is -0.185. The molecule has 7 heteroatoms. The highest BCUT2D eigenvalue weighted by Gasteiger charge is 2.10. The largest absolute Gasteiger partial charge is 0.326 e. The van der Waals surface area contributed by atoms with Crippen molar-refractivity contribution in [3.63, 3.8) is 0 Å². The van der Waals surface area contributed by atoms with Gasteiger partial charge in [-0.25, -0.2) is 0 Å². The van der Waals surface area contributed by atoms with Crippen molar-refractivity contribution in [1.82, 2.24) is 5.32 Å². The van der Waals surface area contributed by atoms with E-state index in [-0.39, 0.29) is 12.6 Å². The molecular formula is C6H17N2O3PS. The molecule has 0 heterocycles. The molecule has 0 amide bonds. The normalized spacial score (nSPS) is 14.5. The third-order valence-corrected chi connectivity index (χ3v) is 2.26. The Morgan fingerprint density at radius 2 is 2.23 bits per heavy atom. The van der Waals surface area contributed by atoms with Gasteiger partial charge in [0.05, 0.1) is 6.61 Å². The first-order valence-electron chi connectivity index (χ1n) is 4.06. The Morgan fingerprint density at radius 3 is 2.69 bits per heavy atom. The van der Waals surface area contributed by atoms with Crippen molar-refractivity contribution >= 4 is 18.5 Å². The summed E-state index contributed by atoms with van der Waals surface area (Å²) in [6.07, 6.45) is 1.71. The van der Waals surface area contributed by atoms with Crippen LogP contribution in [0.15, 0.2) is 0 Å². The van der Waals surface area contributed by atoms with E-state index >= 15 is 0 Å². The summed E-state index contributed by atoms with van der Waals surface area (Å²) in [7, 11) is 1.86. The van der Waals surface area contributed by atoms with Crippen LogP contribution in [0.5, 0.6) is 0 Å². The highest BCUT2D eigenvalue weighted by Crippen LogP contribution is 2.36. The van der Waals surface area contributed by atoms with E-state index in [0.717, 1.165) is 19.4 Å². The van der Waals surface area contributed by atoms with Crippen LogP contribution in [0.2, 0.25) is 0 Å². The molecule has 5 N–H and O–H groups in total. The number of nitrogens with one attached hydrogen (secondary N) is 1. The van der Waals surface area contributed by atoms with Gasteiger partial charge >= 0.3 is 6.72 Å². The zero-order chi connectivity index (χ0) is 10.3. The van der Waals surface area contributed by atoms with Crippen LogP contribution in [0, 0.1) is 0 Å². The van der Waals surface area contributed by atoms with Gasteiger partial charge in [-0.05, 0) is 38.2 Å². The first-order chi connectivity index (χ1) is 5.95. The molecule has 0 aromatic heterocycles. The van der Waals surface area contributed by atoms with E-state index in [0.29, 0.717) is 0 Å². The van der Waals surface area contributed by atoms with Crippen LogP contribution in [-0.4, -0.2) is 36.0 Å². The molecule has 0 aliphatic carbocycles. The van der Waals surface area contributed by atoms with Gasteiger partial charge in [-0.2, -0.15) is 0 Å². The molecule has 1 unspecified atom stereocenters. The van der Waals surface area contributed by atoms with Crippen molar-refractivity contribution in [1.29, 1.82) is 0 Å². The third-order valence-electron chi connectivity index (χ3n) is 1.46. The van der Waals surface area contributed by atoms with Crippen LogP contribution >= 0.6 is 6.72 Å².